The maximum Gasteiger partial charge on any atom is 0.322 e. The molecule has 2 aromatic carbocycles. The predicted molar refractivity (Wildman–Crippen MR) is 94.1 cm³/mol. The Balaban J connectivity index is 1.66. The van der Waals surface area contributed by atoms with Gasteiger partial charge in [-0.15, -0.1) is 5.10 Å². The maximum absolute atomic E-state index is 12.1. The zero-order valence-corrected chi connectivity index (χ0v) is 14.2. The highest BCUT2D eigenvalue weighted by atomic mass is 16.6. The van der Waals surface area contributed by atoms with Gasteiger partial charge < -0.3 is 4.42 Å². The number of amides is 1. The predicted octanol–water partition coefficient (Wildman–Crippen LogP) is 3.44. The second-order valence-electron chi connectivity index (χ2n) is 5.85. The van der Waals surface area contributed by atoms with Gasteiger partial charge >= 0.3 is 6.01 Å². The number of carbonyl (C=O) groups excluding carboxylic acids is 1. The van der Waals surface area contributed by atoms with Crippen molar-refractivity contribution < 1.29 is 14.1 Å². The molecule has 1 amide bonds. The van der Waals surface area contributed by atoms with E-state index in [1.54, 1.807) is 0 Å². The van der Waals surface area contributed by atoms with Crippen molar-refractivity contribution in [1.29, 1.82) is 0 Å². The fourth-order valence-electron chi connectivity index (χ4n) is 2.37. The van der Waals surface area contributed by atoms with Crippen molar-refractivity contribution in [3.63, 3.8) is 0 Å². The van der Waals surface area contributed by atoms with Gasteiger partial charge in [0, 0.05) is 17.7 Å². The van der Waals surface area contributed by atoms with E-state index >= 15 is 0 Å². The molecule has 0 saturated heterocycles. The summed E-state index contributed by atoms with van der Waals surface area (Å²) >= 11 is 0. The Morgan fingerprint density at radius 3 is 2.50 bits per heavy atom. The number of hydrogen-bond acceptors (Lipinski definition) is 6. The molecule has 0 bridgehead atoms. The monoisotopic (exact) mass is 352 g/mol. The summed E-state index contributed by atoms with van der Waals surface area (Å²) < 4.78 is 5.45. The zero-order chi connectivity index (χ0) is 18.7. The number of anilines is 1. The SMILES string of the molecule is Cc1ccc(Cc2nnc(NC(=O)c3ccc([N+](=O)[O-])cc3)o2)cc1C. The van der Waals surface area contributed by atoms with E-state index in [0.717, 1.165) is 5.56 Å². The number of rotatable bonds is 5. The van der Waals surface area contributed by atoms with Crippen LogP contribution >= 0.6 is 0 Å². The number of aryl methyl sites for hydroxylation is 2. The summed E-state index contributed by atoms with van der Waals surface area (Å²) in [6, 6.07) is 11.3. The van der Waals surface area contributed by atoms with Gasteiger partial charge in [0.1, 0.15) is 0 Å². The zero-order valence-electron chi connectivity index (χ0n) is 14.2. The molecule has 1 heterocycles. The lowest BCUT2D eigenvalue weighted by Crippen LogP contribution is -2.12. The first-order chi connectivity index (χ1) is 12.4. The summed E-state index contributed by atoms with van der Waals surface area (Å²) in [5, 5.41) is 20.9. The molecule has 8 heteroatoms. The largest absolute Gasteiger partial charge is 0.407 e. The molecule has 1 aromatic heterocycles. The van der Waals surface area contributed by atoms with Gasteiger partial charge in [-0.3, -0.25) is 20.2 Å². The second kappa shape index (κ2) is 7.14. The molecule has 0 fully saturated rings. The Hall–Kier alpha value is -3.55. The molecule has 0 aliphatic rings. The highest BCUT2D eigenvalue weighted by Gasteiger charge is 2.13. The Kier molecular flexibility index (Phi) is 4.74. The van der Waals surface area contributed by atoms with Crippen LogP contribution in [0.1, 0.15) is 32.9 Å². The summed E-state index contributed by atoms with van der Waals surface area (Å²) in [4.78, 5) is 22.2. The van der Waals surface area contributed by atoms with Gasteiger partial charge in [0.05, 0.1) is 11.3 Å². The molecular weight excluding hydrogens is 336 g/mol. The van der Waals surface area contributed by atoms with Gasteiger partial charge in [-0.05, 0) is 42.7 Å². The van der Waals surface area contributed by atoms with Gasteiger partial charge in [0.15, 0.2) is 0 Å². The van der Waals surface area contributed by atoms with Crippen molar-refractivity contribution in [2.75, 3.05) is 5.32 Å². The third-order valence-electron chi connectivity index (χ3n) is 3.95. The van der Waals surface area contributed by atoms with E-state index in [1.165, 1.54) is 35.4 Å². The molecule has 0 radical (unpaired) electrons. The third kappa shape index (κ3) is 3.92. The van der Waals surface area contributed by atoms with E-state index in [4.69, 9.17) is 4.42 Å². The van der Waals surface area contributed by atoms with Crippen molar-refractivity contribution in [3.8, 4) is 0 Å². The normalized spacial score (nSPS) is 10.5. The molecule has 0 atom stereocenters. The van der Waals surface area contributed by atoms with E-state index in [1.807, 2.05) is 26.0 Å². The van der Waals surface area contributed by atoms with E-state index < -0.39 is 10.8 Å². The van der Waals surface area contributed by atoms with Gasteiger partial charge in [-0.2, -0.15) is 0 Å². The van der Waals surface area contributed by atoms with Crippen LogP contribution in [0.3, 0.4) is 0 Å². The molecule has 1 N–H and O–H groups in total. The average Bonchev–Trinajstić information content (AvgIpc) is 3.05. The molecule has 0 aliphatic heterocycles. The molecule has 3 aromatic rings. The third-order valence-corrected chi connectivity index (χ3v) is 3.95. The molecule has 132 valence electrons. The van der Waals surface area contributed by atoms with Crippen LogP contribution in [0.25, 0.3) is 0 Å². The molecular formula is C18H16N4O4. The Morgan fingerprint density at radius 1 is 1.12 bits per heavy atom. The molecule has 0 aliphatic carbocycles. The van der Waals surface area contributed by atoms with Crippen LogP contribution in [0.5, 0.6) is 0 Å². The van der Waals surface area contributed by atoms with Crippen LogP contribution in [0.4, 0.5) is 11.7 Å². The number of nitro benzene ring substituents is 1. The molecule has 0 spiro atoms. The number of nitro groups is 1. The quantitative estimate of drug-likeness (QED) is 0.556. The van der Waals surface area contributed by atoms with Crippen LogP contribution in [0.15, 0.2) is 46.9 Å². The van der Waals surface area contributed by atoms with Gasteiger partial charge in [-0.25, -0.2) is 0 Å². The van der Waals surface area contributed by atoms with Gasteiger partial charge in [0.2, 0.25) is 5.89 Å². The minimum atomic E-state index is -0.529. The summed E-state index contributed by atoms with van der Waals surface area (Å²) in [5.41, 5.74) is 3.58. The summed E-state index contributed by atoms with van der Waals surface area (Å²) in [6.45, 7) is 4.07. The van der Waals surface area contributed by atoms with Crippen LogP contribution in [-0.4, -0.2) is 21.0 Å². The number of benzene rings is 2. The minimum Gasteiger partial charge on any atom is -0.407 e. The first kappa shape index (κ1) is 17.3. The van der Waals surface area contributed by atoms with Crippen LogP contribution in [-0.2, 0) is 6.42 Å². The number of non-ortho nitro benzene ring substituents is 1. The lowest BCUT2D eigenvalue weighted by molar-refractivity contribution is -0.384. The fourth-order valence-corrected chi connectivity index (χ4v) is 2.37. The number of nitrogens with one attached hydrogen (secondary N) is 1. The first-order valence-corrected chi connectivity index (χ1v) is 7.86. The summed E-state index contributed by atoms with van der Waals surface area (Å²) in [7, 11) is 0. The van der Waals surface area contributed by atoms with Crippen molar-refractivity contribution in [3.05, 3.63) is 80.7 Å². The first-order valence-electron chi connectivity index (χ1n) is 7.86. The number of hydrogen-bond donors (Lipinski definition) is 1. The Labute approximate surface area is 149 Å². The Bertz CT molecular complexity index is 964. The van der Waals surface area contributed by atoms with E-state index in [2.05, 4.69) is 21.6 Å². The Morgan fingerprint density at radius 2 is 1.85 bits per heavy atom. The van der Waals surface area contributed by atoms with Gasteiger partial charge in [0.25, 0.3) is 11.6 Å². The molecule has 0 saturated carbocycles. The highest BCUT2D eigenvalue weighted by Crippen LogP contribution is 2.16. The van der Waals surface area contributed by atoms with Crippen molar-refractivity contribution >= 4 is 17.6 Å². The topological polar surface area (TPSA) is 111 Å². The summed E-state index contributed by atoms with van der Waals surface area (Å²) in [5.74, 6) is -0.103. The van der Waals surface area contributed by atoms with Crippen LogP contribution < -0.4 is 5.32 Å². The van der Waals surface area contributed by atoms with Crippen molar-refractivity contribution in [2.24, 2.45) is 0 Å². The van der Waals surface area contributed by atoms with E-state index in [-0.39, 0.29) is 17.3 Å². The smallest absolute Gasteiger partial charge is 0.322 e. The lowest BCUT2D eigenvalue weighted by Gasteiger charge is -2.02. The van der Waals surface area contributed by atoms with Crippen molar-refractivity contribution in [2.45, 2.75) is 20.3 Å². The maximum atomic E-state index is 12.1. The summed E-state index contributed by atoms with van der Waals surface area (Å²) in [6.07, 6.45) is 0.460. The molecule has 0 unspecified atom stereocenters. The average molecular weight is 352 g/mol. The fraction of sp³-hybridized carbons (Fsp3) is 0.167. The van der Waals surface area contributed by atoms with Crippen molar-refractivity contribution in [1.82, 2.24) is 10.2 Å². The van der Waals surface area contributed by atoms with E-state index in [0.29, 0.717) is 12.3 Å². The number of carbonyl (C=O) groups is 1. The highest BCUT2D eigenvalue weighted by molar-refractivity contribution is 6.03. The lowest BCUT2D eigenvalue weighted by atomic mass is 10.0. The second-order valence-corrected chi connectivity index (χ2v) is 5.85. The molecule has 8 nitrogen and oxygen atoms in total. The molecule has 3 rings (SSSR count). The number of aromatic nitrogens is 2. The standard InChI is InChI=1S/C18H16N4O4/c1-11-3-4-13(9-12(11)2)10-16-20-21-18(26-16)19-17(23)14-5-7-15(8-6-14)22(24)25/h3-9H,10H2,1-2H3,(H,19,21,23). The van der Waals surface area contributed by atoms with Crippen LogP contribution in [0, 0.1) is 24.0 Å². The number of nitrogens with zero attached hydrogens (tertiary/aromatic N) is 3. The van der Waals surface area contributed by atoms with Gasteiger partial charge in [-0.1, -0.05) is 23.3 Å². The molecule has 26 heavy (non-hydrogen) atoms. The van der Waals surface area contributed by atoms with E-state index in [9.17, 15) is 14.9 Å². The minimum absolute atomic E-state index is 0.0211. The van der Waals surface area contributed by atoms with Crippen LogP contribution in [0.2, 0.25) is 0 Å².